The van der Waals surface area contributed by atoms with Crippen LogP contribution in [-0.4, -0.2) is 29.9 Å². The number of ether oxygens (including phenoxy) is 2. The fraction of sp³-hybridized carbons (Fsp3) is 0.185. The van der Waals surface area contributed by atoms with Crippen LogP contribution >= 0.6 is 0 Å². The summed E-state index contributed by atoms with van der Waals surface area (Å²) in [7, 11) is 3.22. The first-order valence-electron chi connectivity index (χ1n) is 11.3. The Balaban J connectivity index is 1.73. The molecule has 0 radical (unpaired) electrons. The Labute approximate surface area is 197 Å². The highest BCUT2D eigenvalue weighted by Gasteiger charge is 2.53. The van der Waals surface area contributed by atoms with E-state index in [1.807, 2.05) is 71.4 Å². The molecular weight excluding hydrogens is 428 g/mol. The Morgan fingerprint density at radius 2 is 1.65 bits per heavy atom. The zero-order valence-corrected chi connectivity index (χ0v) is 19.2. The van der Waals surface area contributed by atoms with Gasteiger partial charge in [-0.3, -0.25) is 4.79 Å². The van der Waals surface area contributed by atoms with Crippen LogP contribution in [0.5, 0.6) is 11.5 Å². The van der Waals surface area contributed by atoms with Crippen LogP contribution in [0.4, 0.5) is 11.5 Å². The normalized spacial score (nSPS) is 17.4. The van der Waals surface area contributed by atoms with E-state index in [0.717, 1.165) is 51.6 Å². The molecule has 2 aliphatic rings. The van der Waals surface area contributed by atoms with E-state index in [0.29, 0.717) is 11.5 Å². The number of hydrogen-bond donors (Lipinski definition) is 2. The molecule has 2 aliphatic heterocycles. The van der Waals surface area contributed by atoms with Gasteiger partial charge in [-0.05, 0) is 42.3 Å². The number of carbonyl (C=O) groups is 1. The summed E-state index contributed by atoms with van der Waals surface area (Å²) < 4.78 is 13.2. The molecule has 6 rings (SSSR count). The number of fused-ring (bicyclic) bond motifs is 6. The van der Waals surface area contributed by atoms with Crippen molar-refractivity contribution in [2.75, 3.05) is 24.9 Å². The molecule has 3 heterocycles. The molecule has 0 bridgehead atoms. The maximum Gasteiger partial charge on any atom is 0.259 e. The van der Waals surface area contributed by atoms with Crippen molar-refractivity contribution in [3.63, 3.8) is 0 Å². The second-order valence-corrected chi connectivity index (χ2v) is 8.40. The molecule has 0 saturated heterocycles. The van der Waals surface area contributed by atoms with Crippen molar-refractivity contribution < 1.29 is 14.3 Å². The van der Waals surface area contributed by atoms with Crippen molar-refractivity contribution >= 4 is 17.4 Å². The topological polar surface area (TPSA) is 77.4 Å². The van der Waals surface area contributed by atoms with Gasteiger partial charge in [-0.1, -0.05) is 43.3 Å². The molecule has 170 valence electrons. The zero-order valence-electron chi connectivity index (χ0n) is 19.2. The smallest absolute Gasteiger partial charge is 0.259 e. The van der Waals surface area contributed by atoms with Crippen molar-refractivity contribution in [2.24, 2.45) is 0 Å². The quantitative estimate of drug-likeness (QED) is 0.468. The third-order valence-electron chi connectivity index (χ3n) is 6.72. The average Bonchev–Trinajstić information content (AvgIpc) is 3.39. The van der Waals surface area contributed by atoms with Crippen LogP contribution in [0, 0.1) is 0 Å². The van der Waals surface area contributed by atoms with Gasteiger partial charge in [0, 0.05) is 22.4 Å². The lowest BCUT2D eigenvalue weighted by molar-refractivity contribution is -0.118. The largest absolute Gasteiger partial charge is 0.493 e. The van der Waals surface area contributed by atoms with Crippen molar-refractivity contribution in [1.29, 1.82) is 0 Å². The second-order valence-electron chi connectivity index (χ2n) is 8.40. The first kappa shape index (κ1) is 20.4. The number of para-hydroxylation sites is 2. The Morgan fingerprint density at radius 1 is 0.941 bits per heavy atom. The summed E-state index contributed by atoms with van der Waals surface area (Å²) in [5.41, 5.74) is 5.02. The fourth-order valence-corrected chi connectivity index (χ4v) is 5.16. The van der Waals surface area contributed by atoms with Gasteiger partial charge in [-0.15, -0.1) is 0 Å². The molecule has 1 aromatic heterocycles. The average molecular weight is 453 g/mol. The maximum atomic E-state index is 13.8. The van der Waals surface area contributed by atoms with Gasteiger partial charge in [0.2, 0.25) is 0 Å². The van der Waals surface area contributed by atoms with Crippen LogP contribution in [0.15, 0.2) is 66.7 Å². The Hall–Kier alpha value is -4.26. The van der Waals surface area contributed by atoms with Gasteiger partial charge in [0.05, 0.1) is 25.6 Å². The van der Waals surface area contributed by atoms with Crippen LogP contribution in [0.3, 0.4) is 0 Å². The molecular formula is C27H24N4O3. The highest BCUT2D eigenvalue weighted by molar-refractivity contribution is 6.13. The van der Waals surface area contributed by atoms with Gasteiger partial charge < -0.3 is 20.1 Å². The molecule has 7 heteroatoms. The standard InChI is InChI=1S/C27H24N4O3/c1-4-20-24-17-14-22(33-2)23(34-3)15-19(17)27(18-12-8-9-13-21(18)28-26(27)32)29-25(24)31(30-20)16-10-6-5-7-11-16/h5-15,29H,4H2,1-3H3,(H,28,32)/t27-/m1/s1. The second kappa shape index (κ2) is 7.38. The molecule has 7 nitrogen and oxygen atoms in total. The molecule has 2 N–H and O–H groups in total. The van der Waals surface area contributed by atoms with Crippen molar-refractivity contribution in [2.45, 2.75) is 18.9 Å². The summed E-state index contributed by atoms with van der Waals surface area (Å²) in [4.78, 5) is 13.8. The highest BCUT2D eigenvalue weighted by atomic mass is 16.5. The first-order chi connectivity index (χ1) is 16.6. The molecule has 34 heavy (non-hydrogen) atoms. The first-order valence-corrected chi connectivity index (χ1v) is 11.3. The predicted molar refractivity (Wildman–Crippen MR) is 131 cm³/mol. The van der Waals surface area contributed by atoms with E-state index in [4.69, 9.17) is 14.6 Å². The SMILES string of the molecule is CCc1nn(-c2ccccc2)c2c1-c1cc(OC)c(OC)cc1[C@@]1(N2)C(=O)Nc2ccccc21. The number of benzene rings is 3. The molecule has 0 aliphatic carbocycles. The van der Waals surface area contributed by atoms with Gasteiger partial charge in [0.1, 0.15) is 5.82 Å². The fourth-order valence-electron chi connectivity index (χ4n) is 5.16. The molecule has 1 amide bonds. The van der Waals surface area contributed by atoms with Crippen LogP contribution in [0.1, 0.15) is 23.7 Å². The number of amides is 1. The lowest BCUT2D eigenvalue weighted by Crippen LogP contribution is -2.46. The van der Waals surface area contributed by atoms with Crippen molar-refractivity contribution in [1.82, 2.24) is 9.78 Å². The molecule has 1 spiro atoms. The lowest BCUT2D eigenvalue weighted by Gasteiger charge is -2.37. The summed E-state index contributed by atoms with van der Waals surface area (Å²) >= 11 is 0. The number of aryl methyl sites for hydroxylation is 1. The van der Waals surface area contributed by atoms with Gasteiger partial charge in [0.25, 0.3) is 5.91 Å². The molecule has 0 unspecified atom stereocenters. The number of carbonyl (C=O) groups excluding carboxylic acids is 1. The maximum absolute atomic E-state index is 13.8. The molecule has 3 aromatic carbocycles. The van der Waals surface area contributed by atoms with Crippen LogP contribution in [0.2, 0.25) is 0 Å². The highest BCUT2D eigenvalue weighted by Crippen LogP contribution is 2.54. The molecule has 4 aromatic rings. The van der Waals surface area contributed by atoms with E-state index in [-0.39, 0.29) is 5.91 Å². The van der Waals surface area contributed by atoms with E-state index in [1.165, 1.54) is 0 Å². The van der Waals surface area contributed by atoms with Gasteiger partial charge in [-0.2, -0.15) is 5.10 Å². The van der Waals surface area contributed by atoms with E-state index >= 15 is 0 Å². The lowest BCUT2D eigenvalue weighted by atomic mass is 9.76. The zero-order chi connectivity index (χ0) is 23.4. The van der Waals surface area contributed by atoms with E-state index < -0.39 is 5.54 Å². The van der Waals surface area contributed by atoms with Gasteiger partial charge in [-0.25, -0.2) is 4.68 Å². The van der Waals surface area contributed by atoms with Crippen LogP contribution in [-0.2, 0) is 16.8 Å². The van der Waals surface area contributed by atoms with Crippen molar-refractivity contribution in [3.05, 3.63) is 83.6 Å². The summed E-state index contributed by atoms with van der Waals surface area (Å²) in [5, 5.41) is 11.7. The summed E-state index contributed by atoms with van der Waals surface area (Å²) in [6.45, 7) is 2.08. The number of hydrogen-bond acceptors (Lipinski definition) is 5. The number of methoxy groups -OCH3 is 2. The van der Waals surface area contributed by atoms with E-state index in [2.05, 4.69) is 17.6 Å². The third kappa shape index (κ3) is 2.58. The van der Waals surface area contributed by atoms with Crippen molar-refractivity contribution in [3.8, 4) is 28.3 Å². The number of rotatable bonds is 4. The van der Waals surface area contributed by atoms with E-state index in [1.54, 1.807) is 14.2 Å². The predicted octanol–water partition coefficient (Wildman–Crippen LogP) is 4.74. The molecule has 0 fully saturated rings. The minimum Gasteiger partial charge on any atom is -0.493 e. The minimum atomic E-state index is -1.14. The summed E-state index contributed by atoms with van der Waals surface area (Å²) in [6.07, 6.45) is 0.730. The number of aromatic nitrogens is 2. The van der Waals surface area contributed by atoms with Gasteiger partial charge in [0.15, 0.2) is 17.0 Å². The van der Waals surface area contributed by atoms with E-state index in [9.17, 15) is 4.79 Å². The number of nitrogens with one attached hydrogen (secondary N) is 2. The Bertz CT molecular complexity index is 1440. The molecule has 1 atom stereocenters. The number of anilines is 2. The molecule has 0 saturated carbocycles. The summed E-state index contributed by atoms with van der Waals surface area (Å²) in [5.74, 6) is 1.79. The number of nitrogens with zero attached hydrogens (tertiary/aromatic N) is 2. The van der Waals surface area contributed by atoms with Gasteiger partial charge >= 0.3 is 0 Å². The third-order valence-corrected chi connectivity index (χ3v) is 6.72. The van der Waals surface area contributed by atoms with Crippen LogP contribution < -0.4 is 20.1 Å². The minimum absolute atomic E-state index is 0.147. The Morgan fingerprint density at radius 3 is 2.38 bits per heavy atom. The summed E-state index contributed by atoms with van der Waals surface area (Å²) in [6, 6.07) is 21.6. The monoisotopic (exact) mass is 452 g/mol. The van der Waals surface area contributed by atoms with Crippen LogP contribution in [0.25, 0.3) is 16.8 Å². The Kier molecular flexibility index (Phi) is 4.42.